The number of aromatic nitrogens is 2. The van der Waals surface area contributed by atoms with Gasteiger partial charge in [0.1, 0.15) is 3.70 Å². The van der Waals surface area contributed by atoms with Crippen LogP contribution in [0.3, 0.4) is 0 Å². The number of carboxylic acids is 1. The van der Waals surface area contributed by atoms with E-state index in [0.29, 0.717) is 0 Å². The van der Waals surface area contributed by atoms with Crippen LogP contribution in [-0.4, -0.2) is 34.4 Å². The molecule has 1 aromatic heterocycles. The van der Waals surface area contributed by atoms with Crippen LogP contribution >= 0.6 is 22.6 Å². The standard InChI is InChI=1S/C13H18IN3O2/c1-13(2,12(18)19)9-5-7-17(8-6-9)11-4-3-10(14)15-16-11/h3-4,9H,5-8H2,1-2H3,(H,18,19). The summed E-state index contributed by atoms with van der Waals surface area (Å²) in [4.78, 5) is 13.5. The highest BCUT2D eigenvalue weighted by molar-refractivity contribution is 14.1. The number of carbonyl (C=O) groups is 1. The maximum atomic E-state index is 11.3. The van der Waals surface area contributed by atoms with Crippen molar-refractivity contribution >= 4 is 34.4 Å². The second kappa shape index (κ2) is 5.60. The van der Waals surface area contributed by atoms with E-state index in [2.05, 4.69) is 37.7 Å². The highest BCUT2D eigenvalue weighted by atomic mass is 127. The number of aliphatic carboxylic acids is 1. The van der Waals surface area contributed by atoms with E-state index >= 15 is 0 Å². The maximum absolute atomic E-state index is 11.3. The van der Waals surface area contributed by atoms with Gasteiger partial charge in [-0.05, 0) is 67.3 Å². The molecule has 1 aromatic rings. The van der Waals surface area contributed by atoms with Gasteiger partial charge in [-0.1, -0.05) is 0 Å². The molecule has 0 bridgehead atoms. The second-order valence-electron chi connectivity index (χ2n) is 5.50. The van der Waals surface area contributed by atoms with Gasteiger partial charge in [-0.2, -0.15) is 0 Å². The van der Waals surface area contributed by atoms with Gasteiger partial charge in [0.2, 0.25) is 0 Å². The molecular weight excluding hydrogens is 357 g/mol. The van der Waals surface area contributed by atoms with Gasteiger partial charge in [0, 0.05) is 13.1 Å². The molecule has 1 N–H and O–H groups in total. The van der Waals surface area contributed by atoms with Gasteiger partial charge in [0.05, 0.1) is 5.41 Å². The van der Waals surface area contributed by atoms with E-state index in [9.17, 15) is 9.90 Å². The first-order chi connectivity index (χ1) is 8.91. The Labute approximate surface area is 126 Å². The molecule has 1 saturated heterocycles. The Balaban J connectivity index is 1.99. The van der Waals surface area contributed by atoms with E-state index in [-0.39, 0.29) is 5.92 Å². The van der Waals surface area contributed by atoms with Gasteiger partial charge in [-0.15, -0.1) is 10.2 Å². The van der Waals surface area contributed by atoms with Crippen LogP contribution in [0.2, 0.25) is 0 Å². The van der Waals surface area contributed by atoms with Crippen LogP contribution in [-0.2, 0) is 4.79 Å². The molecule has 2 heterocycles. The van der Waals surface area contributed by atoms with Crippen LogP contribution in [0, 0.1) is 15.0 Å². The Morgan fingerprint density at radius 1 is 1.37 bits per heavy atom. The molecule has 1 aliphatic heterocycles. The molecule has 2 rings (SSSR count). The van der Waals surface area contributed by atoms with Gasteiger partial charge >= 0.3 is 5.97 Å². The number of piperidine rings is 1. The van der Waals surface area contributed by atoms with Crippen molar-refractivity contribution < 1.29 is 9.90 Å². The third-order valence-corrected chi connectivity index (χ3v) is 4.58. The second-order valence-corrected chi connectivity index (χ2v) is 6.61. The van der Waals surface area contributed by atoms with E-state index in [0.717, 1.165) is 35.4 Å². The van der Waals surface area contributed by atoms with E-state index < -0.39 is 11.4 Å². The van der Waals surface area contributed by atoms with E-state index in [1.807, 2.05) is 26.0 Å². The molecule has 0 spiro atoms. The Morgan fingerprint density at radius 3 is 2.47 bits per heavy atom. The SMILES string of the molecule is CC(C)(C(=O)O)C1CCN(c2ccc(I)nn2)CC1. The summed E-state index contributed by atoms with van der Waals surface area (Å²) < 4.78 is 0.878. The van der Waals surface area contributed by atoms with Crippen LogP contribution in [0.25, 0.3) is 0 Å². The molecule has 6 heteroatoms. The summed E-state index contributed by atoms with van der Waals surface area (Å²) in [5.41, 5.74) is -0.649. The smallest absolute Gasteiger partial charge is 0.309 e. The summed E-state index contributed by atoms with van der Waals surface area (Å²) in [6.45, 7) is 5.33. The number of rotatable bonds is 3. The zero-order chi connectivity index (χ0) is 14.0. The first-order valence-corrected chi connectivity index (χ1v) is 7.46. The molecule has 104 valence electrons. The van der Waals surface area contributed by atoms with Gasteiger partial charge in [-0.25, -0.2) is 0 Å². The monoisotopic (exact) mass is 375 g/mol. The zero-order valence-electron chi connectivity index (χ0n) is 11.1. The Hall–Kier alpha value is -0.920. The van der Waals surface area contributed by atoms with Crippen molar-refractivity contribution in [3.8, 4) is 0 Å². The Morgan fingerprint density at radius 2 is 2.00 bits per heavy atom. The van der Waals surface area contributed by atoms with Crippen molar-refractivity contribution in [1.82, 2.24) is 10.2 Å². The molecule has 0 radical (unpaired) electrons. The number of hydrogen-bond donors (Lipinski definition) is 1. The van der Waals surface area contributed by atoms with Crippen molar-refractivity contribution in [3.05, 3.63) is 15.8 Å². The average molecular weight is 375 g/mol. The quantitative estimate of drug-likeness (QED) is 0.822. The number of hydrogen-bond acceptors (Lipinski definition) is 4. The van der Waals surface area contributed by atoms with Crippen molar-refractivity contribution in [1.29, 1.82) is 0 Å². The fraction of sp³-hybridized carbons (Fsp3) is 0.615. The first kappa shape index (κ1) is 14.5. The summed E-state index contributed by atoms with van der Waals surface area (Å²) in [7, 11) is 0. The minimum atomic E-state index is -0.708. The highest BCUT2D eigenvalue weighted by Gasteiger charge is 2.38. The van der Waals surface area contributed by atoms with Gasteiger partial charge in [-0.3, -0.25) is 4.79 Å². The third-order valence-electron chi connectivity index (χ3n) is 4.01. The average Bonchev–Trinajstić information content (AvgIpc) is 2.39. The summed E-state index contributed by atoms with van der Waals surface area (Å²) >= 11 is 2.13. The summed E-state index contributed by atoms with van der Waals surface area (Å²) in [6, 6.07) is 3.91. The van der Waals surface area contributed by atoms with Crippen LogP contribution < -0.4 is 4.90 Å². The molecule has 0 aliphatic carbocycles. The van der Waals surface area contributed by atoms with Crippen LogP contribution in [0.15, 0.2) is 12.1 Å². The summed E-state index contributed by atoms with van der Waals surface area (Å²) in [6.07, 6.45) is 1.76. The fourth-order valence-electron chi connectivity index (χ4n) is 2.48. The van der Waals surface area contributed by atoms with Crippen LogP contribution in [0.1, 0.15) is 26.7 Å². The molecule has 1 fully saturated rings. The number of carboxylic acid groups (broad SMARTS) is 1. The van der Waals surface area contributed by atoms with Crippen molar-refractivity contribution in [2.24, 2.45) is 11.3 Å². The Bertz CT molecular complexity index is 453. The molecular formula is C13H18IN3O2. The molecule has 0 aromatic carbocycles. The highest BCUT2D eigenvalue weighted by Crippen LogP contribution is 2.35. The molecule has 19 heavy (non-hydrogen) atoms. The van der Waals surface area contributed by atoms with Gasteiger partial charge in [0.15, 0.2) is 5.82 Å². The largest absolute Gasteiger partial charge is 0.481 e. The van der Waals surface area contributed by atoms with E-state index in [1.54, 1.807) is 0 Å². The predicted molar refractivity (Wildman–Crippen MR) is 81.1 cm³/mol. The molecule has 0 atom stereocenters. The molecule has 0 amide bonds. The molecule has 0 saturated carbocycles. The lowest BCUT2D eigenvalue weighted by Gasteiger charge is -2.38. The predicted octanol–water partition coefficient (Wildman–Crippen LogP) is 2.41. The lowest BCUT2D eigenvalue weighted by Crippen LogP contribution is -2.42. The van der Waals surface area contributed by atoms with Crippen LogP contribution in [0.5, 0.6) is 0 Å². The number of halogens is 1. The number of nitrogens with zero attached hydrogens (tertiary/aromatic N) is 3. The molecule has 1 aliphatic rings. The molecule has 0 unspecified atom stereocenters. The first-order valence-electron chi connectivity index (χ1n) is 6.39. The zero-order valence-corrected chi connectivity index (χ0v) is 13.3. The topological polar surface area (TPSA) is 66.3 Å². The van der Waals surface area contributed by atoms with Crippen molar-refractivity contribution in [2.45, 2.75) is 26.7 Å². The van der Waals surface area contributed by atoms with Gasteiger partial charge in [0.25, 0.3) is 0 Å². The molecule has 5 nitrogen and oxygen atoms in total. The lowest BCUT2D eigenvalue weighted by atomic mass is 9.74. The minimum absolute atomic E-state index is 0.220. The van der Waals surface area contributed by atoms with Crippen LogP contribution in [0.4, 0.5) is 5.82 Å². The summed E-state index contributed by atoms with van der Waals surface area (Å²) in [5, 5.41) is 17.5. The fourth-order valence-corrected chi connectivity index (χ4v) is 2.77. The van der Waals surface area contributed by atoms with Crippen molar-refractivity contribution in [3.63, 3.8) is 0 Å². The van der Waals surface area contributed by atoms with Crippen molar-refractivity contribution in [2.75, 3.05) is 18.0 Å². The maximum Gasteiger partial charge on any atom is 0.309 e. The summed E-state index contributed by atoms with van der Waals surface area (Å²) in [5.74, 6) is 0.394. The van der Waals surface area contributed by atoms with E-state index in [4.69, 9.17) is 0 Å². The normalized spacial score (nSPS) is 17.5. The number of anilines is 1. The lowest BCUT2D eigenvalue weighted by molar-refractivity contribution is -0.150. The van der Waals surface area contributed by atoms with Gasteiger partial charge < -0.3 is 10.0 Å². The third kappa shape index (κ3) is 3.16. The minimum Gasteiger partial charge on any atom is -0.481 e. The Kier molecular flexibility index (Phi) is 4.27. The van der Waals surface area contributed by atoms with E-state index in [1.165, 1.54) is 0 Å².